The average Bonchev–Trinajstić information content (AvgIpc) is 2.94. The van der Waals surface area contributed by atoms with Crippen molar-refractivity contribution in [1.82, 2.24) is 19.8 Å². The molecule has 1 aromatic carbocycles. The normalized spacial score (nSPS) is 24.3. The third kappa shape index (κ3) is 3.67. The Kier molecular flexibility index (Phi) is 5.08. The highest BCUT2D eigenvalue weighted by Crippen LogP contribution is 2.19. The maximum atomic E-state index is 13.0. The fraction of sp³-hybridized carbons (Fsp3) is 0.550. The zero-order chi connectivity index (χ0) is 19.0. The van der Waals surface area contributed by atoms with Crippen LogP contribution in [0, 0.1) is 13.8 Å². The Labute approximate surface area is 159 Å². The Morgan fingerprint density at radius 3 is 2.59 bits per heavy atom. The lowest BCUT2D eigenvalue weighted by atomic mass is 10.1. The largest absolute Gasteiger partial charge is 0.389 e. The first-order valence-corrected chi connectivity index (χ1v) is 9.57. The first-order valence-electron chi connectivity index (χ1n) is 9.57. The monoisotopic (exact) mass is 370 g/mol. The van der Waals surface area contributed by atoms with Crippen LogP contribution >= 0.6 is 0 Å². The molecule has 2 atom stereocenters. The van der Waals surface area contributed by atoms with Gasteiger partial charge in [0.2, 0.25) is 0 Å². The summed E-state index contributed by atoms with van der Waals surface area (Å²) in [6.07, 6.45) is 0.457. The van der Waals surface area contributed by atoms with E-state index in [0.29, 0.717) is 25.3 Å². The number of rotatable bonds is 2. The van der Waals surface area contributed by atoms with E-state index in [9.17, 15) is 9.90 Å². The zero-order valence-electron chi connectivity index (χ0n) is 15.9. The van der Waals surface area contributed by atoms with E-state index in [1.807, 2.05) is 36.9 Å². The predicted octanol–water partition coefficient (Wildman–Crippen LogP) is 1.15. The number of fused-ring (bicyclic) bond motifs is 1. The first kappa shape index (κ1) is 18.3. The molecule has 2 fully saturated rings. The van der Waals surface area contributed by atoms with Crippen LogP contribution in [-0.4, -0.2) is 82.3 Å². The number of carbonyl (C=O) groups is 1. The van der Waals surface area contributed by atoms with Gasteiger partial charge in [-0.1, -0.05) is 0 Å². The minimum absolute atomic E-state index is 0.0296. The van der Waals surface area contributed by atoms with Gasteiger partial charge in [0.1, 0.15) is 0 Å². The van der Waals surface area contributed by atoms with Crippen LogP contribution in [0.25, 0.3) is 11.0 Å². The van der Waals surface area contributed by atoms with E-state index in [1.54, 1.807) is 0 Å². The summed E-state index contributed by atoms with van der Waals surface area (Å²) in [6.45, 7) is 7.84. The molecule has 2 saturated heterocycles. The lowest BCUT2D eigenvalue weighted by Gasteiger charge is -2.28. The number of amides is 1. The van der Waals surface area contributed by atoms with Gasteiger partial charge in [0.25, 0.3) is 5.91 Å². The Morgan fingerprint density at radius 2 is 1.85 bits per heavy atom. The Morgan fingerprint density at radius 1 is 1.07 bits per heavy atom. The van der Waals surface area contributed by atoms with Gasteiger partial charge in [-0.15, -0.1) is 0 Å². The fourth-order valence-corrected chi connectivity index (χ4v) is 3.90. The number of benzene rings is 1. The molecule has 1 N–H and O–H groups in total. The molecule has 0 bridgehead atoms. The van der Waals surface area contributed by atoms with Crippen LogP contribution in [0.3, 0.4) is 0 Å². The highest BCUT2D eigenvalue weighted by Gasteiger charge is 2.33. The summed E-state index contributed by atoms with van der Waals surface area (Å²) in [4.78, 5) is 26.3. The molecule has 7 heteroatoms. The summed E-state index contributed by atoms with van der Waals surface area (Å²) in [5.41, 5.74) is 4.01. The molecule has 27 heavy (non-hydrogen) atoms. The molecule has 1 aromatic heterocycles. The number of aliphatic hydroxyl groups excluding tert-OH is 1. The van der Waals surface area contributed by atoms with E-state index in [-0.39, 0.29) is 11.9 Å². The number of aromatic nitrogens is 2. The summed E-state index contributed by atoms with van der Waals surface area (Å²) < 4.78 is 5.38. The van der Waals surface area contributed by atoms with Gasteiger partial charge in [0, 0.05) is 31.7 Å². The molecule has 144 valence electrons. The van der Waals surface area contributed by atoms with Gasteiger partial charge >= 0.3 is 0 Å². The number of hydrogen-bond acceptors (Lipinski definition) is 6. The van der Waals surface area contributed by atoms with Crippen molar-refractivity contribution >= 4 is 16.9 Å². The van der Waals surface area contributed by atoms with Gasteiger partial charge in [-0.05, 0) is 38.5 Å². The van der Waals surface area contributed by atoms with Crippen LogP contribution in [0.1, 0.15) is 28.2 Å². The molecule has 7 nitrogen and oxygen atoms in total. The van der Waals surface area contributed by atoms with E-state index in [2.05, 4.69) is 14.9 Å². The second kappa shape index (κ2) is 7.50. The minimum Gasteiger partial charge on any atom is -0.389 e. The minimum atomic E-state index is -0.432. The van der Waals surface area contributed by atoms with E-state index in [4.69, 9.17) is 4.74 Å². The standard InChI is InChI=1S/C20H26N4O3/c1-13-14(2)22-17-10-15(4-5-16(17)21-13)20(26)24-7-3-6-23(8-9-24)18-11-27-12-19(18)25/h4-5,10,18-19,25H,3,6-9,11-12H2,1-2H3/t18-,19-/m1/s1. The smallest absolute Gasteiger partial charge is 0.253 e. The SMILES string of the molecule is Cc1nc2ccc(C(=O)N3CCCN([C@@H]4COC[C@H]4O)CC3)cc2nc1C. The Balaban J connectivity index is 1.49. The molecule has 2 aromatic rings. The van der Waals surface area contributed by atoms with Gasteiger partial charge < -0.3 is 14.7 Å². The number of hydrogen-bond donors (Lipinski definition) is 1. The van der Waals surface area contributed by atoms with Crippen LogP contribution in [0.5, 0.6) is 0 Å². The van der Waals surface area contributed by atoms with Crippen molar-refractivity contribution in [3.63, 3.8) is 0 Å². The third-order valence-electron chi connectivity index (χ3n) is 5.63. The zero-order valence-corrected chi connectivity index (χ0v) is 15.9. The number of aliphatic hydroxyl groups is 1. The number of aryl methyl sites for hydroxylation is 2. The summed E-state index contributed by atoms with van der Waals surface area (Å²) in [7, 11) is 0. The van der Waals surface area contributed by atoms with E-state index in [0.717, 1.165) is 48.5 Å². The molecule has 0 radical (unpaired) electrons. The van der Waals surface area contributed by atoms with Crippen molar-refractivity contribution in [3.05, 3.63) is 35.2 Å². The molecule has 0 unspecified atom stereocenters. The lowest BCUT2D eigenvalue weighted by molar-refractivity contribution is 0.0725. The van der Waals surface area contributed by atoms with Crippen LogP contribution in [0.15, 0.2) is 18.2 Å². The number of nitrogens with zero attached hydrogens (tertiary/aromatic N) is 4. The van der Waals surface area contributed by atoms with E-state index >= 15 is 0 Å². The molecule has 0 saturated carbocycles. The molecule has 1 amide bonds. The summed E-state index contributed by atoms with van der Waals surface area (Å²) >= 11 is 0. The van der Waals surface area contributed by atoms with Crippen LogP contribution in [-0.2, 0) is 4.74 Å². The third-order valence-corrected chi connectivity index (χ3v) is 5.63. The van der Waals surface area contributed by atoms with Crippen molar-refractivity contribution in [2.45, 2.75) is 32.4 Å². The first-order chi connectivity index (χ1) is 13.0. The lowest BCUT2D eigenvalue weighted by Crippen LogP contribution is -2.45. The van der Waals surface area contributed by atoms with Crippen molar-refractivity contribution in [2.75, 3.05) is 39.4 Å². The number of carbonyl (C=O) groups excluding carboxylic acids is 1. The summed E-state index contributed by atoms with van der Waals surface area (Å²) in [5.74, 6) is 0.0296. The van der Waals surface area contributed by atoms with E-state index in [1.165, 1.54) is 0 Å². The quantitative estimate of drug-likeness (QED) is 0.855. The van der Waals surface area contributed by atoms with Gasteiger partial charge in [-0.3, -0.25) is 9.69 Å². The highest BCUT2D eigenvalue weighted by molar-refractivity contribution is 5.97. The van der Waals surface area contributed by atoms with Crippen molar-refractivity contribution in [3.8, 4) is 0 Å². The highest BCUT2D eigenvalue weighted by atomic mass is 16.5. The van der Waals surface area contributed by atoms with Crippen LogP contribution in [0.2, 0.25) is 0 Å². The second-order valence-electron chi connectivity index (χ2n) is 7.45. The molecule has 2 aliphatic heterocycles. The van der Waals surface area contributed by atoms with Gasteiger partial charge in [0.15, 0.2) is 0 Å². The second-order valence-corrected chi connectivity index (χ2v) is 7.45. The predicted molar refractivity (Wildman–Crippen MR) is 102 cm³/mol. The fourth-order valence-electron chi connectivity index (χ4n) is 3.90. The molecule has 0 spiro atoms. The molecule has 2 aliphatic rings. The van der Waals surface area contributed by atoms with Crippen LogP contribution < -0.4 is 0 Å². The Hall–Kier alpha value is -2.09. The molecule has 4 rings (SSSR count). The van der Waals surface area contributed by atoms with Crippen molar-refractivity contribution < 1.29 is 14.6 Å². The maximum Gasteiger partial charge on any atom is 0.253 e. The topological polar surface area (TPSA) is 78.8 Å². The van der Waals surface area contributed by atoms with Crippen molar-refractivity contribution in [1.29, 1.82) is 0 Å². The van der Waals surface area contributed by atoms with Crippen molar-refractivity contribution in [2.24, 2.45) is 0 Å². The van der Waals surface area contributed by atoms with Crippen LogP contribution in [0.4, 0.5) is 0 Å². The molecule has 0 aliphatic carbocycles. The molecular weight excluding hydrogens is 344 g/mol. The maximum absolute atomic E-state index is 13.0. The number of ether oxygens (including phenoxy) is 1. The van der Waals surface area contributed by atoms with Gasteiger partial charge in [0.05, 0.1) is 47.8 Å². The van der Waals surface area contributed by atoms with Gasteiger partial charge in [-0.2, -0.15) is 0 Å². The van der Waals surface area contributed by atoms with E-state index < -0.39 is 6.10 Å². The summed E-state index contributed by atoms with van der Waals surface area (Å²) in [6, 6.07) is 5.60. The Bertz CT molecular complexity index is 856. The molecule has 3 heterocycles. The van der Waals surface area contributed by atoms with Gasteiger partial charge in [-0.25, -0.2) is 9.97 Å². The molecular formula is C20H26N4O3. The summed E-state index contributed by atoms with van der Waals surface area (Å²) in [5, 5.41) is 10.1. The average molecular weight is 370 g/mol.